The molecule has 1 aromatic carbocycles. The zero-order valence-electron chi connectivity index (χ0n) is 18.0. The van der Waals surface area contributed by atoms with Gasteiger partial charge in [0.25, 0.3) is 5.91 Å². The second kappa shape index (κ2) is 9.67. The molecule has 4 rings (SSSR count). The fourth-order valence-corrected chi connectivity index (χ4v) is 5.31. The van der Waals surface area contributed by atoms with Crippen molar-refractivity contribution in [2.75, 3.05) is 45.8 Å². The summed E-state index contributed by atoms with van der Waals surface area (Å²) < 4.78 is 27.0. The third kappa shape index (κ3) is 5.20. The number of hydrogen-bond acceptors (Lipinski definition) is 6. The second-order valence-electron chi connectivity index (χ2n) is 7.89. The number of sulfonamides is 1. The minimum Gasteiger partial charge on any atom is -0.354 e. The fraction of sp³-hybridized carbons (Fsp3) is 0.364. The molecule has 0 radical (unpaired) electrons. The molecule has 0 atom stereocenters. The molecular weight excluding hydrogens is 446 g/mol. The normalized spacial score (nSPS) is 17.5. The van der Waals surface area contributed by atoms with Crippen molar-refractivity contribution < 1.29 is 22.8 Å². The molecule has 0 spiro atoms. The summed E-state index contributed by atoms with van der Waals surface area (Å²) in [6.07, 6.45) is 1.86. The van der Waals surface area contributed by atoms with E-state index in [1.165, 1.54) is 18.2 Å². The van der Waals surface area contributed by atoms with Crippen molar-refractivity contribution in [1.29, 1.82) is 0 Å². The van der Waals surface area contributed by atoms with E-state index >= 15 is 0 Å². The molecule has 11 heteroatoms. The van der Waals surface area contributed by atoms with Gasteiger partial charge in [0.15, 0.2) is 0 Å². The molecule has 1 N–H and O–H groups in total. The van der Waals surface area contributed by atoms with E-state index in [0.717, 1.165) is 4.31 Å². The largest absolute Gasteiger partial charge is 0.354 e. The van der Waals surface area contributed by atoms with Gasteiger partial charge in [-0.15, -0.1) is 0 Å². The SMILES string of the molecule is O=C1CN(S(=O)(=O)c2cccc(C(=O)N3CCN(C(=O)Cc4ccccn4)CC3)c2)CCN1. The molecule has 2 aliphatic heterocycles. The van der Waals surface area contributed by atoms with Gasteiger partial charge in [0.2, 0.25) is 21.8 Å². The van der Waals surface area contributed by atoms with E-state index in [0.29, 0.717) is 31.9 Å². The molecule has 0 saturated carbocycles. The summed E-state index contributed by atoms with van der Waals surface area (Å²) >= 11 is 0. The van der Waals surface area contributed by atoms with E-state index in [2.05, 4.69) is 10.3 Å². The Kier molecular flexibility index (Phi) is 6.70. The maximum absolute atomic E-state index is 13.0. The Morgan fingerprint density at radius 1 is 0.970 bits per heavy atom. The molecular formula is C22H25N5O5S. The van der Waals surface area contributed by atoms with Gasteiger partial charge in [-0.2, -0.15) is 4.31 Å². The summed E-state index contributed by atoms with van der Waals surface area (Å²) in [4.78, 5) is 44.6. The maximum atomic E-state index is 13.0. The van der Waals surface area contributed by atoms with Crippen LogP contribution in [0.3, 0.4) is 0 Å². The number of hydrogen-bond donors (Lipinski definition) is 1. The van der Waals surface area contributed by atoms with Crippen LogP contribution in [0.4, 0.5) is 0 Å². The number of carbonyl (C=O) groups is 3. The molecule has 2 saturated heterocycles. The topological polar surface area (TPSA) is 120 Å². The van der Waals surface area contributed by atoms with Gasteiger partial charge >= 0.3 is 0 Å². The molecule has 2 aliphatic rings. The van der Waals surface area contributed by atoms with Crippen LogP contribution in [0.25, 0.3) is 0 Å². The number of rotatable bonds is 5. The summed E-state index contributed by atoms with van der Waals surface area (Å²) in [5.74, 6) is -0.688. The van der Waals surface area contributed by atoms with Crippen molar-refractivity contribution in [2.45, 2.75) is 11.3 Å². The van der Waals surface area contributed by atoms with Crippen LogP contribution in [0.5, 0.6) is 0 Å². The van der Waals surface area contributed by atoms with Crippen LogP contribution in [0, 0.1) is 0 Å². The zero-order chi connectivity index (χ0) is 23.4. The van der Waals surface area contributed by atoms with Gasteiger partial charge in [0.05, 0.1) is 17.9 Å². The predicted molar refractivity (Wildman–Crippen MR) is 119 cm³/mol. The Bertz CT molecular complexity index is 1150. The highest BCUT2D eigenvalue weighted by molar-refractivity contribution is 7.89. The standard InChI is InChI=1S/C22H25N5O5S/c28-20-16-27(9-8-24-20)33(31,32)19-6-3-4-17(14-19)22(30)26-12-10-25(11-13-26)21(29)15-18-5-1-2-7-23-18/h1-7,14H,8-13,15-16H2,(H,24,28). The molecule has 0 aliphatic carbocycles. The lowest BCUT2D eigenvalue weighted by molar-refractivity contribution is -0.132. The van der Waals surface area contributed by atoms with Gasteiger partial charge < -0.3 is 15.1 Å². The first-order valence-corrected chi connectivity index (χ1v) is 12.1. The average Bonchev–Trinajstić information content (AvgIpc) is 2.84. The number of pyridine rings is 1. The van der Waals surface area contributed by atoms with Crippen LogP contribution < -0.4 is 5.32 Å². The maximum Gasteiger partial charge on any atom is 0.254 e. The monoisotopic (exact) mass is 471 g/mol. The van der Waals surface area contributed by atoms with Crippen LogP contribution in [0.2, 0.25) is 0 Å². The van der Waals surface area contributed by atoms with Crippen LogP contribution in [-0.4, -0.2) is 91.0 Å². The number of piperazine rings is 2. The Morgan fingerprint density at radius 3 is 2.42 bits per heavy atom. The summed E-state index contributed by atoms with van der Waals surface area (Å²) in [6.45, 7) is 1.71. The van der Waals surface area contributed by atoms with Crippen molar-refractivity contribution in [2.24, 2.45) is 0 Å². The highest BCUT2D eigenvalue weighted by Crippen LogP contribution is 2.19. The molecule has 1 aromatic heterocycles. The van der Waals surface area contributed by atoms with Gasteiger partial charge in [-0.05, 0) is 30.3 Å². The van der Waals surface area contributed by atoms with Crippen LogP contribution in [0.15, 0.2) is 53.6 Å². The minimum absolute atomic E-state index is 0.0211. The average molecular weight is 472 g/mol. The molecule has 10 nitrogen and oxygen atoms in total. The molecule has 3 amide bonds. The number of aromatic nitrogens is 1. The van der Waals surface area contributed by atoms with Crippen molar-refractivity contribution >= 4 is 27.7 Å². The van der Waals surface area contributed by atoms with Gasteiger partial charge in [-0.3, -0.25) is 19.4 Å². The number of carbonyl (C=O) groups excluding carboxylic acids is 3. The van der Waals surface area contributed by atoms with E-state index in [1.807, 2.05) is 6.07 Å². The van der Waals surface area contributed by atoms with E-state index in [9.17, 15) is 22.8 Å². The zero-order valence-corrected chi connectivity index (χ0v) is 18.8. The highest BCUT2D eigenvalue weighted by Gasteiger charge is 2.30. The van der Waals surface area contributed by atoms with Crippen LogP contribution >= 0.6 is 0 Å². The number of benzene rings is 1. The first-order chi connectivity index (χ1) is 15.8. The highest BCUT2D eigenvalue weighted by atomic mass is 32.2. The summed E-state index contributed by atoms with van der Waals surface area (Å²) in [6, 6.07) is 11.3. The Morgan fingerprint density at radius 2 is 1.73 bits per heavy atom. The predicted octanol–water partition coefficient (Wildman–Crippen LogP) is -0.271. The van der Waals surface area contributed by atoms with Crippen molar-refractivity contribution in [3.8, 4) is 0 Å². The number of nitrogens with one attached hydrogen (secondary N) is 1. The molecule has 0 unspecified atom stereocenters. The molecule has 2 fully saturated rings. The van der Waals surface area contributed by atoms with Crippen LogP contribution in [-0.2, 0) is 26.0 Å². The van der Waals surface area contributed by atoms with Gasteiger partial charge in [-0.1, -0.05) is 12.1 Å². The summed E-state index contributed by atoms with van der Waals surface area (Å²) in [5.41, 5.74) is 0.955. The minimum atomic E-state index is -3.89. The van der Waals surface area contributed by atoms with Crippen molar-refractivity contribution in [3.05, 3.63) is 59.9 Å². The van der Waals surface area contributed by atoms with E-state index in [4.69, 9.17) is 0 Å². The molecule has 2 aromatic rings. The Balaban J connectivity index is 1.39. The van der Waals surface area contributed by atoms with E-state index in [1.54, 1.807) is 34.2 Å². The lowest BCUT2D eigenvalue weighted by Gasteiger charge is -2.35. The fourth-order valence-electron chi connectivity index (χ4n) is 3.87. The number of amides is 3. The van der Waals surface area contributed by atoms with Gasteiger partial charge in [0, 0.05) is 56.7 Å². The lowest BCUT2D eigenvalue weighted by Crippen LogP contribution is -2.51. The third-order valence-electron chi connectivity index (χ3n) is 5.70. The lowest BCUT2D eigenvalue weighted by atomic mass is 10.1. The van der Waals surface area contributed by atoms with Gasteiger partial charge in [0.1, 0.15) is 0 Å². The smallest absolute Gasteiger partial charge is 0.254 e. The molecule has 0 bridgehead atoms. The molecule has 174 valence electrons. The van der Waals surface area contributed by atoms with Gasteiger partial charge in [-0.25, -0.2) is 8.42 Å². The second-order valence-corrected chi connectivity index (χ2v) is 9.83. The van der Waals surface area contributed by atoms with Crippen molar-refractivity contribution in [1.82, 2.24) is 24.4 Å². The molecule has 3 heterocycles. The Hall–Kier alpha value is -3.31. The van der Waals surface area contributed by atoms with Crippen LogP contribution in [0.1, 0.15) is 16.1 Å². The first-order valence-electron chi connectivity index (χ1n) is 10.7. The summed E-state index contributed by atoms with van der Waals surface area (Å²) in [7, 11) is -3.89. The quantitative estimate of drug-likeness (QED) is 0.641. The Labute approximate surface area is 192 Å². The third-order valence-corrected chi connectivity index (χ3v) is 7.54. The van der Waals surface area contributed by atoms with E-state index < -0.39 is 10.0 Å². The number of nitrogens with zero attached hydrogens (tertiary/aromatic N) is 4. The molecule has 33 heavy (non-hydrogen) atoms. The first kappa shape index (κ1) is 22.9. The summed E-state index contributed by atoms with van der Waals surface area (Å²) in [5, 5.41) is 2.60. The van der Waals surface area contributed by atoms with E-state index in [-0.39, 0.29) is 54.2 Å². The van der Waals surface area contributed by atoms with Crippen molar-refractivity contribution in [3.63, 3.8) is 0 Å².